The van der Waals surface area contributed by atoms with Crippen molar-refractivity contribution in [2.24, 2.45) is 0 Å². The number of hydrogen-bond acceptors (Lipinski definition) is 4. The van der Waals surface area contributed by atoms with Gasteiger partial charge in [0.2, 0.25) is 5.78 Å². The molecule has 0 heterocycles. The van der Waals surface area contributed by atoms with Gasteiger partial charge in [-0.3, -0.25) is 4.79 Å². The van der Waals surface area contributed by atoms with Gasteiger partial charge < -0.3 is 10.1 Å². The smallest absolute Gasteiger partial charge is 0.343 e. The highest BCUT2D eigenvalue weighted by Crippen LogP contribution is 2.23. The highest BCUT2D eigenvalue weighted by Gasteiger charge is 2.29. The third-order valence-corrected chi connectivity index (χ3v) is 3.13. The van der Waals surface area contributed by atoms with Crippen LogP contribution in [0.2, 0.25) is 0 Å². The van der Waals surface area contributed by atoms with Crippen LogP contribution in [0.1, 0.15) is 30.1 Å². The Kier molecular flexibility index (Phi) is 5.02. The van der Waals surface area contributed by atoms with Gasteiger partial charge >= 0.3 is 5.97 Å². The molecule has 0 atom stereocenters. The summed E-state index contributed by atoms with van der Waals surface area (Å²) in [4.78, 5) is 24.0. The van der Waals surface area contributed by atoms with E-state index in [4.69, 9.17) is 0 Å². The van der Waals surface area contributed by atoms with Crippen molar-refractivity contribution < 1.29 is 31.9 Å². The first-order valence-corrected chi connectivity index (χ1v) is 6.87. The van der Waals surface area contributed by atoms with Crippen molar-refractivity contribution in [2.45, 2.75) is 25.8 Å². The summed E-state index contributed by atoms with van der Waals surface area (Å²) < 4.78 is 57.8. The van der Waals surface area contributed by atoms with Gasteiger partial charge in [-0.1, -0.05) is 0 Å². The molecule has 0 radical (unpaired) electrons. The van der Waals surface area contributed by atoms with Crippen LogP contribution in [0.4, 0.5) is 17.6 Å². The molecule has 0 saturated heterocycles. The van der Waals surface area contributed by atoms with E-state index in [-0.39, 0.29) is 18.7 Å². The van der Waals surface area contributed by atoms with Crippen LogP contribution in [-0.4, -0.2) is 24.4 Å². The maximum Gasteiger partial charge on any atom is 0.343 e. The van der Waals surface area contributed by atoms with E-state index in [9.17, 15) is 27.2 Å². The van der Waals surface area contributed by atoms with Crippen LogP contribution < -0.4 is 5.32 Å². The van der Waals surface area contributed by atoms with Crippen molar-refractivity contribution in [1.82, 2.24) is 5.32 Å². The second-order valence-corrected chi connectivity index (χ2v) is 4.90. The summed E-state index contributed by atoms with van der Waals surface area (Å²) in [6.45, 7) is 1.44. The standard InChI is InChI=1S/C15H13F4NO3/c1-2-23-15(22)9(6-20-7-3-4-7)14(21)8-5-10(16)12(18)13(19)11(8)17/h5-7,20H,2-4H2,1H3. The van der Waals surface area contributed by atoms with Gasteiger partial charge in [0.05, 0.1) is 12.2 Å². The zero-order valence-corrected chi connectivity index (χ0v) is 12.1. The Morgan fingerprint density at radius 1 is 1.22 bits per heavy atom. The van der Waals surface area contributed by atoms with Crippen LogP contribution in [0.25, 0.3) is 0 Å². The Morgan fingerprint density at radius 3 is 2.43 bits per heavy atom. The second-order valence-electron chi connectivity index (χ2n) is 4.90. The lowest BCUT2D eigenvalue weighted by atomic mass is 10.0. The molecule has 1 aliphatic rings. The number of halogens is 4. The normalized spacial score (nSPS) is 14.6. The number of rotatable bonds is 6. The molecule has 0 bridgehead atoms. The molecule has 23 heavy (non-hydrogen) atoms. The molecule has 0 aromatic heterocycles. The fourth-order valence-corrected chi connectivity index (χ4v) is 1.76. The maximum absolute atomic E-state index is 13.7. The van der Waals surface area contributed by atoms with Gasteiger partial charge in [0, 0.05) is 12.2 Å². The predicted octanol–water partition coefficient (Wildman–Crippen LogP) is 2.62. The molecule has 1 fully saturated rings. The number of ether oxygens (including phenoxy) is 1. The van der Waals surface area contributed by atoms with E-state index < -0.39 is 46.2 Å². The Bertz CT molecular complexity index is 684. The molecule has 1 aromatic carbocycles. The fourth-order valence-electron chi connectivity index (χ4n) is 1.76. The highest BCUT2D eigenvalue weighted by molar-refractivity contribution is 6.24. The van der Waals surface area contributed by atoms with Gasteiger partial charge in [-0.25, -0.2) is 22.4 Å². The lowest BCUT2D eigenvalue weighted by Gasteiger charge is -2.09. The number of esters is 1. The maximum atomic E-state index is 13.7. The number of benzene rings is 1. The molecule has 1 aromatic rings. The van der Waals surface area contributed by atoms with Crippen molar-refractivity contribution in [3.8, 4) is 0 Å². The van der Waals surface area contributed by atoms with E-state index in [2.05, 4.69) is 10.1 Å². The third-order valence-electron chi connectivity index (χ3n) is 3.13. The van der Waals surface area contributed by atoms with Crippen LogP contribution in [0.3, 0.4) is 0 Å². The van der Waals surface area contributed by atoms with Gasteiger partial charge in [0.15, 0.2) is 23.3 Å². The zero-order chi connectivity index (χ0) is 17.1. The minimum atomic E-state index is -2.12. The van der Waals surface area contributed by atoms with Gasteiger partial charge in [-0.2, -0.15) is 0 Å². The van der Waals surface area contributed by atoms with Crippen molar-refractivity contribution >= 4 is 11.8 Å². The Labute approximate surface area is 129 Å². The fraction of sp³-hybridized carbons (Fsp3) is 0.333. The summed E-state index contributed by atoms with van der Waals surface area (Å²) in [5.74, 6) is -10.1. The molecule has 0 aliphatic heterocycles. The van der Waals surface area contributed by atoms with Crippen LogP contribution in [0, 0.1) is 23.3 Å². The van der Waals surface area contributed by atoms with Crippen molar-refractivity contribution in [3.05, 3.63) is 46.7 Å². The first-order chi connectivity index (χ1) is 10.9. The lowest BCUT2D eigenvalue weighted by Crippen LogP contribution is -2.22. The quantitative estimate of drug-likeness (QED) is 0.127. The number of carbonyl (C=O) groups is 2. The summed E-state index contributed by atoms with van der Waals surface area (Å²) >= 11 is 0. The Hall–Kier alpha value is -2.38. The summed E-state index contributed by atoms with van der Waals surface area (Å²) in [6, 6.07) is 0.277. The van der Waals surface area contributed by atoms with Gasteiger partial charge in [-0.05, 0) is 25.8 Å². The number of carbonyl (C=O) groups excluding carboxylic acids is 2. The highest BCUT2D eigenvalue weighted by atomic mass is 19.2. The molecule has 1 aliphatic carbocycles. The summed E-state index contributed by atoms with van der Waals surface area (Å²) in [5, 5.41) is 2.74. The average molecular weight is 331 g/mol. The van der Waals surface area contributed by atoms with Crippen molar-refractivity contribution in [3.63, 3.8) is 0 Å². The molecular weight excluding hydrogens is 318 g/mol. The lowest BCUT2D eigenvalue weighted by molar-refractivity contribution is -0.138. The molecular formula is C15H13F4NO3. The molecule has 2 rings (SSSR count). The topological polar surface area (TPSA) is 55.4 Å². The van der Waals surface area contributed by atoms with E-state index in [1.54, 1.807) is 0 Å². The van der Waals surface area contributed by atoms with Crippen LogP contribution >= 0.6 is 0 Å². The summed E-state index contributed by atoms with van der Waals surface area (Å²) in [5.41, 5.74) is -1.71. The van der Waals surface area contributed by atoms with Crippen LogP contribution in [0.5, 0.6) is 0 Å². The van der Waals surface area contributed by atoms with E-state index in [0.29, 0.717) is 0 Å². The predicted molar refractivity (Wildman–Crippen MR) is 71.5 cm³/mol. The minimum absolute atomic E-state index is 0.0541. The molecule has 1 N–H and O–H groups in total. The SMILES string of the molecule is CCOC(=O)C(=CNC1CC1)C(=O)c1cc(F)c(F)c(F)c1F. The second kappa shape index (κ2) is 6.80. The molecule has 8 heteroatoms. The number of hydrogen-bond donors (Lipinski definition) is 1. The van der Waals surface area contributed by atoms with Gasteiger partial charge in [-0.15, -0.1) is 0 Å². The van der Waals surface area contributed by atoms with E-state index in [1.807, 2.05) is 0 Å². The average Bonchev–Trinajstić information content (AvgIpc) is 3.33. The van der Waals surface area contributed by atoms with Crippen molar-refractivity contribution in [2.75, 3.05) is 6.61 Å². The van der Waals surface area contributed by atoms with Gasteiger partial charge in [0.1, 0.15) is 5.57 Å². The van der Waals surface area contributed by atoms with E-state index >= 15 is 0 Å². The molecule has 124 valence electrons. The van der Waals surface area contributed by atoms with E-state index in [0.717, 1.165) is 19.0 Å². The first kappa shape index (κ1) is 17.0. The minimum Gasteiger partial charge on any atom is -0.462 e. The molecule has 4 nitrogen and oxygen atoms in total. The number of nitrogens with one attached hydrogen (secondary N) is 1. The van der Waals surface area contributed by atoms with E-state index in [1.165, 1.54) is 6.92 Å². The summed E-state index contributed by atoms with van der Waals surface area (Å²) in [7, 11) is 0. The molecule has 1 saturated carbocycles. The number of Topliss-reactive ketones (excluding diaryl/α,β-unsaturated/α-hetero) is 1. The van der Waals surface area contributed by atoms with Crippen molar-refractivity contribution in [1.29, 1.82) is 0 Å². The molecule has 0 amide bonds. The largest absolute Gasteiger partial charge is 0.462 e. The first-order valence-electron chi connectivity index (χ1n) is 6.87. The zero-order valence-electron chi connectivity index (χ0n) is 12.1. The molecule has 0 spiro atoms. The van der Waals surface area contributed by atoms with Crippen LogP contribution in [0.15, 0.2) is 17.8 Å². The van der Waals surface area contributed by atoms with Gasteiger partial charge in [0.25, 0.3) is 0 Å². The Morgan fingerprint density at radius 2 is 1.87 bits per heavy atom. The Balaban J connectivity index is 2.40. The van der Waals surface area contributed by atoms with Crippen LogP contribution in [-0.2, 0) is 9.53 Å². The summed E-state index contributed by atoms with van der Waals surface area (Å²) in [6.07, 6.45) is 2.68. The third kappa shape index (κ3) is 3.69. The molecule has 0 unspecified atom stereocenters. The number of ketones is 1. The monoisotopic (exact) mass is 331 g/mol.